The molecule has 1 heterocycles. The van der Waals surface area contributed by atoms with E-state index in [9.17, 15) is 4.79 Å². The third kappa shape index (κ3) is 5.33. The number of ether oxygens (including phenoxy) is 1. The van der Waals surface area contributed by atoms with Crippen molar-refractivity contribution in [2.45, 2.75) is 19.3 Å². The second-order valence-corrected chi connectivity index (χ2v) is 6.48. The van der Waals surface area contributed by atoms with Crippen molar-refractivity contribution in [1.82, 2.24) is 10.6 Å². The van der Waals surface area contributed by atoms with Crippen LogP contribution in [0.25, 0.3) is 11.1 Å². The fourth-order valence-corrected chi connectivity index (χ4v) is 3.15. The van der Waals surface area contributed by atoms with Crippen LogP contribution in [0.5, 0.6) is 5.75 Å². The van der Waals surface area contributed by atoms with Gasteiger partial charge in [-0.3, -0.25) is 4.79 Å². The number of carbonyl (C=O) groups is 1. The fourth-order valence-electron chi connectivity index (χ4n) is 3.15. The first-order chi connectivity index (χ1) is 12.3. The number of amides is 1. The van der Waals surface area contributed by atoms with E-state index in [0.717, 1.165) is 36.5 Å². The van der Waals surface area contributed by atoms with Crippen molar-refractivity contribution in [2.24, 2.45) is 5.92 Å². The summed E-state index contributed by atoms with van der Waals surface area (Å²) in [5, 5.41) is 6.40. The molecular formula is C21H26N2O2. The minimum Gasteiger partial charge on any atom is -0.492 e. The van der Waals surface area contributed by atoms with Gasteiger partial charge < -0.3 is 15.4 Å². The predicted molar refractivity (Wildman–Crippen MR) is 101 cm³/mol. The Labute approximate surface area is 149 Å². The van der Waals surface area contributed by atoms with Crippen LogP contribution in [-0.4, -0.2) is 32.1 Å². The highest BCUT2D eigenvalue weighted by atomic mass is 16.5. The second-order valence-electron chi connectivity index (χ2n) is 6.48. The summed E-state index contributed by atoms with van der Waals surface area (Å²) in [5.41, 5.74) is 2.17. The number of rotatable bonds is 7. The van der Waals surface area contributed by atoms with E-state index in [1.807, 2.05) is 42.5 Å². The zero-order valence-corrected chi connectivity index (χ0v) is 14.5. The van der Waals surface area contributed by atoms with E-state index in [1.54, 1.807) is 0 Å². The molecule has 2 aromatic carbocycles. The van der Waals surface area contributed by atoms with Gasteiger partial charge in [0.25, 0.3) is 0 Å². The minimum absolute atomic E-state index is 0.0581. The Kier molecular flexibility index (Phi) is 6.46. The van der Waals surface area contributed by atoms with Gasteiger partial charge in [-0.2, -0.15) is 0 Å². The highest BCUT2D eigenvalue weighted by Gasteiger charge is 2.14. The van der Waals surface area contributed by atoms with Crippen molar-refractivity contribution in [3.05, 3.63) is 54.6 Å². The van der Waals surface area contributed by atoms with Crippen molar-refractivity contribution in [2.75, 3.05) is 26.2 Å². The van der Waals surface area contributed by atoms with Crippen molar-refractivity contribution >= 4 is 5.91 Å². The average Bonchev–Trinajstić information content (AvgIpc) is 2.68. The molecule has 3 rings (SSSR count). The molecule has 4 nitrogen and oxygen atoms in total. The average molecular weight is 338 g/mol. The first-order valence-electron chi connectivity index (χ1n) is 9.07. The maximum Gasteiger partial charge on any atom is 0.223 e. The number of piperidine rings is 1. The highest BCUT2D eigenvalue weighted by molar-refractivity contribution is 5.76. The quantitative estimate of drug-likeness (QED) is 0.815. The Morgan fingerprint density at radius 1 is 1.12 bits per heavy atom. The van der Waals surface area contributed by atoms with Gasteiger partial charge >= 0.3 is 0 Å². The molecule has 0 aromatic heterocycles. The number of hydrogen-bond acceptors (Lipinski definition) is 3. The Morgan fingerprint density at radius 2 is 1.92 bits per heavy atom. The van der Waals surface area contributed by atoms with Crippen LogP contribution in [0.2, 0.25) is 0 Å². The molecule has 1 amide bonds. The molecular weight excluding hydrogens is 312 g/mol. The number of para-hydroxylation sites is 1. The molecule has 1 atom stereocenters. The molecule has 1 unspecified atom stereocenters. The Hall–Kier alpha value is -2.33. The maximum absolute atomic E-state index is 12.0. The van der Waals surface area contributed by atoms with Crippen molar-refractivity contribution < 1.29 is 9.53 Å². The van der Waals surface area contributed by atoms with E-state index in [-0.39, 0.29) is 5.91 Å². The standard InChI is InChI=1S/C21H26N2O2/c24-21(23-16-17-7-6-13-22-15-17)12-14-25-20-11-5-4-10-19(20)18-8-2-1-3-9-18/h1-5,8-11,17,22H,6-7,12-16H2,(H,23,24). The number of carbonyl (C=O) groups excluding carboxylic acids is 1. The molecule has 0 spiro atoms. The summed E-state index contributed by atoms with van der Waals surface area (Å²) >= 11 is 0. The fraction of sp³-hybridized carbons (Fsp3) is 0.381. The van der Waals surface area contributed by atoms with Gasteiger partial charge in [0.1, 0.15) is 5.75 Å². The van der Waals surface area contributed by atoms with Gasteiger partial charge in [0.2, 0.25) is 5.91 Å². The SMILES string of the molecule is O=C(CCOc1ccccc1-c1ccccc1)NCC1CCCNC1. The molecule has 0 bridgehead atoms. The number of benzene rings is 2. The highest BCUT2D eigenvalue weighted by Crippen LogP contribution is 2.29. The molecule has 1 fully saturated rings. The molecule has 1 aliphatic rings. The van der Waals surface area contributed by atoms with Gasteiger partial charge in [0.15, 0.2) is 0 Å². The largest absolute Gasteiger partial charge is 0.492 e. The summed E-state index contributed by atoms with van der Waals surface area (Å²) in [6.45, 7) is 3.24. The summed E-state index contributed by atoms with van der Waals surface area (Å²) in [4.78, 5) is 12.0. The minimum atomic E-state index is 0.0581. The van der Waals surface area contributed by atoms with E-state index in [1.165, 1.54) is 12.8 Å². The molecule has 0 aliphatic carbocycles. The van der Waals surface area contributed by atoms with Crippen LogP contribution in [0.4, 0.5) is 0 Å². The predicted octanol–water partition coefficient (Wildman–Crippen LogP) is 3.24. The molecule has 0 radical (unpaired) electrons. The van der Waals surface area contributed by atoms with Gasteiger partial charge in [-0.05, 0) is 43.5 Å². The van der Waals surface area contributed by atoms with Crippen LogP contribution < -0.4 is 15.4 Å². The summed E-state index contributed by atoms with van der Waals surface area (Å²) in [6, 6.07) is 18.1. The normalized spacial score (nSPS) is 17.0. The summed E-state index contributed by atoms with van der Waals surface area (Å²) in [6.07, 6.45) is 2.76. The second kappa shape index (κ2) is 9.23. The van der Waals surface area contributed by atoms with Gasteiger partial charge in [0.05, 0.1) is 13.0 Å². The zero-order chi connectivity index (χ0) is 17.3. The van der Waals surface area contributed by atoms with Gasteiger partial charge in [-0.15, -0.1) is 0 Å². The first kappa shape index (κ1) is 17.5. The Morgan fingerprint density at radius 3 is 2.72 bits per heavy atom. The van der Waals surface area contributed by atoms with Crippen LogP contribution in [0.3, 0.4) is 0 Å². The van der Waals surface area contributed by atoms with Crippen molar-refractivity contribution in [3.8, 4) is 16.9 Å². The van der Waals surface area contributed by atoms with Crippen molar-refractivity contribution in [1.29, 1.82) is 0 Å². The van der Waals surface area contributed by atoms with Gasteiger partial charge in [-0.25, -0.2) is 0 Å². The summed E-state index contributed by atoms with van der Waals surface area (Å²) in [5.74, 6) is 1.43. The van der Waals surface area contributed by atoms with Crippen LogP contribution in [0, 0.1) is 5.92 Å². The van der Waals surface area contributed by atoms with E-state index >= 15 is 0 Å². The van der Waals surface area contributed by atoms with Gasteiger partial charge in [-0.1, -0.05) is 48.5 Å². The molecule has 2 N–H and O–H groups in total. The van der Waals surface area contributed by atoms with Crippen molar-refractivity contribution in [3.63, 3.8) is 0 Å². The van der Waals surface area contributed by atoms with E-state index in [2.05, 4.69) is 22.8 Å². The lowest BCUT2D eigenvalue weighted by molar-refractivity contribution is -0.121. The molecule has 4 heteroatoms. The van der Waals surface area contributed by atoms with Gasteiger partial charge in [0, 0.05) is 12.1 Å². The molecule has 132 valence electrons. The lowest BCUT2D eigenvalue weighted by Crippen LogP contribution is -2.38. The lowest BCUT2D eigenvalue weighted by Gasteiger charge is -2.22. The van der Waals surface area contributed by atoms with Crippen LogP contribution in [0.1, 0.15) is 19.3 Å². The number of hydrogen-bond donors (Lipinski definition) is 2. The van der Waals surface area contributed by atoms with E-state index < -0.39 is 0 Å². The Bertz CT molecular complexity index is 667. The van der Waals surface area contributed by atoms with Crippen LogP contribution in [-0.2, 0) is 4.79 Å². The topological polar surface area (TPSA) is 50.4 Å². The lowest BCUT2D eigenvalue weighted by atomic mass is 10.00. The molecule has 0 saturated carbocycles. The molecule has 25 heavy (non-hydrogen) atoms. The molecule has 1 aliphatic heterocycles. The van der Waals surface area contributed by atoms with E-state index in [0.29, 0.717) is 18.9 Å². The first-order valence-corrected chi connectivity index (χ1v) is 9.07. The summed E-state index contributed by atoms with van der Waals surface area (Å²) in [7, 11) is 0. The number of nitrogens with one attached hydrogen (secondary N) is 2. The summed E-state index contributed by atoms with van der Waals surface area (Å²) < 4.78 is 5.88. The third-order valence-corrected chi connectivity index (χ3v) is 4.55. The Balaban J connectivity index is 1.46. The van der Waals surface area contributed by atoms with E-state index in [4.69, 9.17) is 4.74 Å². The maximum atomic E-state index is 12.0. The molecule has 1 saturated heterocycles. The zero-order valence-electron chi connectivity index (χ0n) is 14.5. The van der Waals surface area contributed by atoms with Crippen LogP contribution in [0.15, 0.2) is 54.6 Å². The molecule has 2 aromatic rings. The van der Waals surface area contributed by atoms with Crippen LogP contribution >= 0.6 is 0 Å². The smallest absolute Gasteiger partial charge is 0.223 e. The third-order valence-electron chi connectivity index (χ3n) is 4.55. The monoisotopic (exact) mass is 338 g/mol.